The topological polar surface area (TPSA) is 72.7 Å². The van der Waals surface area contributed by atoms with Crippen LogP contribution in [0.3, 0.4) is 0 Å². The lowest BCUT2D eigenvalue weighted by atomic mass is 10.1. The molecule has 0 N–H and O–H groups in total. The Morgan fingerprint density at radius 1 is 0.933 bits per heavy atom. The summed E-state index contributed by atoms with van der Waals surface area (Å²) in [5.74, 6) is 0.619. The number of nitrogens with zero attached hydrogens (tertiary/aromatic N) is 2. The van der Waals surface area contributed by atoms with Gasteiger partial charge in [0.25, 0.3) is 5.69 Å². The summed E-state index contributed by atoms with van der Waals surface area (Å²) in [4.78, 5) is 25.1. The quantitative estimate of drug-likeness (QED) is 0.381. The number of ether oxygens (including phenoxy) is 1. The van der Waals surface area contributed by atoms with E-state index in [-0.39, 0.29) is 18.0 Å². The first-order chi connectivity index (χ1) is 14.6. The van der Waals surface area contributed by atoms with Gasteiger partial charge < -0.3 is 9.64 Å². The van der Waals surface area contributed by atoms with Gasteiger partial charge in [0.2, 0.25) is 5.91 Å². The fourth-order valence-corrected chi connectivity index (χ4v) is 3.14. The van der Waals surface area contributed by atoms with Crippen LogP contribution < -0.4 is 4.74 Å². The highest BCUT2D eigenvalue weighted by atomic mass is 16.6. The molecule has 154 valence electrons. The van der Waals surface area contributed by atoms with Gasteiger partial charge in [0.15, 0.2) is 0 Å². The molecular formula is C24H24N2O4. The Kier molecular flexibility index (Phi) is 7.16. The smallest absolute Gasteiger partial charge is 0.273 e. The molecule has 0 aromatic heterocycles. The lowest BCUT2D eigenvalue weighted by molar-refractivity contribution is -0.385. The molecule has 0 spiro atoms. The predicted molar refractivity (Wildman–Crippen MR) is 115 cm³/mol. The SMILES string of the molecule is CCN(Cc1ccc(OCc2ccccc2)cc1)C(=O)Cc1ccccc1[N+](=O)[O-]. The standard InChI is InChI=1S/C24H24N2O4/c1-2-25(24(27)16-21-10-6-7-11-23(21)26(28)29)17-19-12-14-22(15-13-19)30-18-20-8-4-3-5-9-20/h3-15H,2,16-18H2,1H3. The highest BCUT2D eigenvalue weighted by Gasteiger charge is 2.19. The van der Waals surface area contributed by atoms with Gasteiger partial charge in [-0.1, -0.05) is 60.7 Å². The van der Waals surface area contributed by atoms with Crippen molar-refractivity contribution in [2.75, 3.05) is 6.54 Å². The number of rotatable bonds is 9. The molecule has 0 saturated carbocycles. The van der Waals surface area contributed by atoms with E-state index in [0.717, 1.165) is 16.9 Å². The molecule has 0 radical (unpaired) electrons. The van der Waals surface area contributed by atoms with E-state index in [9.17, 15) is 14.9 Å². The van der Waals surface area contributed by atoms with E-state index in [4.69, 9.17) is 4.74 Å². The Morgan fingerprint density at radius 3 is 2.27 bits per heavy atom. The van der Waals surface area contributed by atoms with Gasteiger partial charge >= 0.3 is 0 Å². The summed E-state index contributed by atoms with van der Waals surface area (Å²) in [7, 11) is 0. The highest BCUT2D eigenvalue weighted by molar-refractivity contribution is 5.80. The summed E-state index contributed by atoms with van der Waals surface area (Å²) < 4.78 is 5.80. The number of carbonyl (C=O) groups is 1. The number of likely N-dealkylation sites (N-methyl/N-ethyl adjacent to an activating group) is 1. The molecule has 3 aromatic carbocycles. The van der Waals surface area contributed by atoms with Crippen molar-refractivity contribution in [1.29, 1.82) is 0 Å². The number of para-hydroxylation sites is 1. The third kappa shape index (κ3) is 5.67. The van der Waals surface area contributed by atoms with Crippen molar-refractivity contribution >= 4 is 11.6 Å². The van der Waals surface area contributed by atoms with Crippen LogP contribution in [0.15, 0.2) is 78.9 Å². The summed E-state index contributed by atoms with van der Waals surface area (Å²) >= 11 is 0. The molecule has 0 aliphatic rings. The second kappa shape index (κ2) is 10.2. The molecule has 0 aliphatic carbocycles. The van der Waals surface area contributed by atoms with E-state index in [1.165, 1.54) is 6.07 Å². The summed E-state index contributed by atoms with van der Waals surface area (Å²) in [6.45, 7) is 3.35. The molecule has 0 bridgehead atoms. The molecule has 1 amide bonds. The molecule has 3 aromatic rings. The minimum atomic E-state index is -0.451. The number of nitro groups is 1. The van der Waals surface area contributed by atoms with Crippen molar-refractivity contribution < 1.29 is 14.5 Å². The first-order valence-corrected chi connectivity index (χ1v) is 9.82. The molecule has 3 rings (SSSR count). The normalized spacial score (nSPS) is 10.4. The molecule has 6 heteroatoms. The van der Waals surface area contributed by atoms with Crippen LogP contribution >= 0.6 is 0 Å². The van der Waals surface area contributed by atoms with Gasteiger partial charge in [-0.2, -0.15) is 0 Å². The number of carbonyl (C=O) groups excluding carboxylic acids is 1. The van der Waals surface area contributed by atoms with E-state index in [1.54, 1.807) is 23.1 Å². The zero-order valence-electron chi connectivity index (χ0n) is 16.9. The maximum atomic E-state index is 12.7. The van der Waals surface area contributed by atoms with E-state index in [1.807, 2.05) is 61.5 Å². The van der Waals surface area contributed by atoms with Crippen molar-refractivity contribution in [1.82, 2.24) is 4.90 Å². The van der Waals surface area contributed by atoms with Crippen LogP contribution in [-0.2, 0) is 24.4 Å². The first kappa shape index (κ1) is 21.0. The molecule has 0 atom stereocenters. The fraction of sp³-hybridized carbons (Fsp3) is 0.208. The van der Waals surface area contributed by atoms with E-state index < -0.39 is 4.92 Å². The van der Waals surface area contributed by atoms with Crippen LogP contribution in [-0.4, -0.2) is 22.3 Å². The molecule has 0 aliphatic heterocycles. The van der Waals surface area contributed by atoms with Gasteiger partial charge in [-0.3, -0.25) is 14.9 Å². The zero-order chi connectivity index (χ0) is 21.3. The largest absolute Gasteiger partial charge is 0.489 e. The van der Waals surface area contributed by atoms with Crippen molar-refractivity contribution in [2.24, 2.45) is 0 Å². The maximum Gasteiger partial charge on any atom is 0.273 e. The molecule has 0 heterocycles. The lowest BCUT2D eigenvalue weighted by Gasteiger charge is -2.21. The first-order valence-electron chi connectivity index (χ1n) is 9.82. The van der Waals surface area contributed by atoms with Crippen LogP contribution in [0.1, 0.15) is 23.6 Å². The molecule has 30 heavy (non-hydrogen) atoms. The number of nitro benzene ring substituents is 1. The van der Waals surface area contributed by atoms with Crippen molar-refractivity contribution in [3.63, 3.8) is 0 Å². The predicted octanol–water partition coefficient (Wildman–Crippen LogP) is 4.77. The van der Waals surface area contributed by atoms with Crippen molar-refractivity contribution in [3.8, 4) is 5.75 Å². The van der Waals surface area contributed by atoms with Gasteiger partial charge in [-0.25, -0.2) is 0 Å². The van der Waals surface area contributed by atoms with E-state index in [2.05, 4.69) is 0 Å². The Balaban J connectivity index is 1.60. The third-order valence-corrected chi connectivity index (χ3v) is 4.81. The van der Waals surface area contributed by atoms with Crippen LogP contribution in [0.5, 0.6) is 5.75 Å². The number of hydrogen-bond donors (Lipinski definition) is 0. The minimum Gasteiger partial charge on any atom is -0.489 e. The summed E-state index contributed by atoms with van der Waals surface area (Å²) in [5.41, 5.74) is 2.47. The maximum absolute atomic E-state index is 12.7. The van der Waals surface area contributed by atoms with Crippen LogP contribution in [0.4, 0.5) is 5.69 Å². The molecular weight excluding hydrogens is 380 g/mol. The van der Waals surface area contributed by atoms with Crippen LogP contribution in [0.25, 0.3) is 0 Å². The number of amides is 1. The van der Waals surface area contributed by atoms with E-state index >= 15 is 0 Å². The van der Waals surface area contributed by atoms with Gasteiger partial charge in [0.05, 0.1) is 11.3 Å². The summed E-state index contributed by atoms with van der Waals surface area (Å²) in [6.07, 6.45) is 0.00324. The summed E-state index contributed by atoms with van der Waals surface area (Å²) in [5, 5.41) is 11.2. The van der Waals surface area contributed by atoms with E-state index in [0.29, 0.717) is 25.3 Å². The Labute approximate surface area is 175 Å². The molecule has 6 nitrogen and oxygen atoms in total. The minimum absolute atomic E-state index is 0.00324. The number of benzene rings is 3. The fourth-order valence-electron chi connectivity index (χ4n) is 3.14. The van der Waals surface area contributed by atoms with Crippen LogP contribution in [0.2, 0.25) is 0 Å². The Morgan fingerprint density at radius 2 is 1.60 bits per heavy atom. The van der Waals surface area contributed by atoms with Gasteiger partial charge in [0.1, 0.15) is 12.4 Å². The van der Waals surface area contributed by atoms with Gasteiger partial charge in [-0.15, -0.1) is 0 Å². The average Bonchev–Trinajstić information content (AvgIpc) is 2.77. The molecule has 0 fully saturated rings. The Bertz CT molecular complexity index is 988. The lowest BCUT2D eigenvalue weighted by Crippen LogP contribution is -2.31. The van der Waals surface area contributed by atoms with Gasteiger partial charge in [0, 0.05) is 24.7 Å². The second-order valence-electron chi connectivity index (χ2n) is 6.89. The Hall–Kier alpha value is -3.67. The van der Waals surface area contributed by atoms with Crippen molar-refractivity contribution in [3.05, 3.63) is 106 Å². The third-order valence-electron chi connectivity index (χ3n) is 4.81. The number of hydrogen-bond acceptors (Lipinski definition) is 4. The highest BCUT2D eigenvalue weighted by Crippen LogP contribution is 2.20. The monoisotopic (exact) mass is 404 g/mol. The molecule has 0 saturated heterocycles. The van der Waals surface area contributed by atoms with Gasteiger partial charge in [-0.05, 0) is 30.2 Å². The zero-order valence-corrected chi connectivity index (χ0v) is 16.9. The molecule has 0 unspecified atom stereocenters. The second-order valence-corrected chi connectivity index (χ2v) is 6.89. The summed E-state index contributed by atoms with van der Waals surface area (Å²) in [6, 6.07) is 23.9. The van der Waals surface area contributed by atoms with Crippen molar-refractivity contribution in [2.45, 2.75) is 26.5 Å². The van der Waals surface area contributed by atoms with Crippen LogP contribution in [0, 0.1) is 10.1 Å². The average molecular weight is 404 g/mol.